The van der Waals surface area contributed by atoms with Gasteiger partial charge in [-0.1, -0.05) is 25.1 Å². The first-order chi connectivity index (χ1) is 10.1. The van der Waals surface area contributed by atoms with Crippen molar-refractivity contribution in [2.24, 2.45) is 0 Å². The van der Waals surface area contributed by atoms with Gasteiger partial charge < -0.3 is 4.42 Å². The van der Waals surface area contributed by atoms with Gasteiger partial charge in [0.2, 0.25) is 0 Å². The first-order valence-corrected chi connectivity index (χ1v) is 6.62. The molecule has 0 fully saturated rings. The van der Waals surface area contributed by atoms with Gasteiger partial charge in [0, 0.05) is 17.4 Å². The van der Waals surface area contributed by atoms with Gasteiger partial charge >= 0.3 is 0 Å². The third kappa shape index (κ3) is 2.23. The van der Waals surface area contributed by atoms with Crippen molar-refractivity contribution in [3.8, 4) is 0 Å². The lowest BCUT2D eigenvalue weighted by molar-refractivity contribution is 0.103. The molecule has 0 unspecified atom stereocenters. The second-order valence-corrected chi connectivity index (χ2v) is 4.71. The minimum Gasteiger partial charge on any atom is -0.460 e. The molecule has 0 bridgehead atoms. The summed E-state index contributed by atoms with van der Waals surface area (Å²) in [6, 6.07) is 10.3. The number of carbonyl (C=O) groups excluding carboxylic acids is 1. The fraction of sp³-hybridized carbons (Fsp3) is 0.118. The van der Waals surface area contributed by atoms with Crippen molar-refractivity contribution in [2.45, 2.75) is 13.3 Å². The van der Waals surface area contributed by atoms with Gasteiger partial charge in [0.05, 0.1) is 5.56 Å². The summed E-state index contributed by atoms with van der Waals surface area (Å²) < 4.78 is 32.0. The van der Waals surface area contributed by atoms with E-state index in [0.717, 1.165) is 12.1 Å². The summed E-state index contributed by atoms with van der Waals surface area (Å²) in [7, 11) is 0. The fourth-order valence-corrected chi connectivity index (χ4v) is 2.38. The highest BCUT2D eigenvalue weighted by Gasteiger charge is 2.21. The maximum atomic E-state index is 13.3. The highest BCUT2D eigenvalue weighted by atomic mass is 19.2. The smallest absolute Gasteiger partial charge is 0.197 e. The monoisotopic (exact) mass is 286 g/mol. The maximum Gasteiger partial charge on any atom is 0.197 e. The Kier molecular flexibility index (Phi) is 3.29. The summed E-state index contributed by atoms with van der Waals surface area (Å²) in [6.07, 6.45) is 0.541. The molecular weight excluding hydrogens is 274 g/mol. The van der Waals surface area contributed by atoms with Crippen molar-refractivity contribution in [2.75, 3.05) is 0 Å². The average Bonchev–Trinajstić information content (AvgIpc) is 2.87. The molecule has 0 saturated heterocycles. The molecular formula is C17H12F2O2. The van der Waals surface area contributed by atoms with Crippen molar-refractivity contribution in [3.05, 3.63) is 71.0 Å². The Bertz CT molecular complexity index is 834. The predicted molar refractivity (Wildman–Crippen MR) is 75.4 cm³/mol. The van der Waals surface area contributed by atoms with Crippen LogP contribution < -0.4 is 0 Å². The third-order valence-corrected chi connectivity index (χ3v) is 3.40. The minimum atomic E-state index is -1.04. The Morgan fingerprint density at radius 3 is 2.57 bits per heavy atom. The molecule has 0 radical (unpaired) electrons. The van der Waals surface area contributed by atoms with Crippen molar-refractivity contribution in [1.82, 2.24) is 0 Å². The molecule has 3 rings (SSSR count). The Labute approximate surface area is 120 Å². The standard InChI is InChI=1S/C17H12F2O2/c1-2-14-16(11-5-3-4-6-15(11)21-14)17(20)10-7-8-12(18)13(19)9-10/h3-9H,2H2,1H3. The summed E-state index contributed by atoms with van der Waals surface area (Å²) in [5.41, 5.74) is 1.13. The zero-order valence-corrected chi connectivity index (χ0v) is 11.3. The molecule has 1 heterocycles. The van der Waals surface area contributed by atoms with E-state index in [1.165, 1.54) is 6.07 Å². The Balaban J connectivity index is 2.18. The first-order valence-electron chi connectivity index (χ1n) is 6.62. The van der Waals surface area contributed by atoms with E-state index in [2.05, 4.69) is 0 Å². The van der Waals surface area contributed by atoms with E-state index in [-0.39, 0.29) is 11.3 Å². The molecule has 4 heteroatoms. The summed E-state index contributed by atoms with van der Waals surface area (Å²) in [6.45, 7) is 1.87. The number of aryl methyl sites for hydroxylation is 1. The van der Waals surface area contributed by atoms with Gasteiger partial charge in [-0.25, -0.2) is 8.78 Å². The van der Waals surface area contributed by atoms with Crippen molar-refractivity contribution in [3.63, 3.8) is 0 Å². The van der Waals surface area contributed by atoms with Crippen LogP contribution in [0.5, 0.6) is 0 Å². The Morgan fingerprint density at radius 2 is 1.86 bits per heavy atom. The highest BCUT2D eigenvalue weighted by Crippen LogP contribution is 2.28. The molecule has 2 aromatic carbocycles. The Hall–Kier alpha value is -2.49. The lowest BCUT2D eigenvalue weighted by Crippen LogP contribution is -2.04. The normalized spacial score (nSPS) is 11.0. The molecule has 0 atom stereocenters. The molecule has 0 aliphatic carbocycles. The fourth-order valence-electron chi connectivity index (χ4n) is 2.38. The van der Waals surface area contributed by atoms with Crippen LogP contribution in [0.25, 0.3) is 11.0 Å². The van der Waals surface area contributed by atoms with Gasteiger partial charge in [-0.3, -0.25) is 4.79 Å². The van der Waals surface area contributed by atoms with E-state index in [1.807, 2.05) is 13.0 Å². The van der Waals surface area contributed by atoms with Crippen LogP contribution in [0.1, 0.15) is 28.6 Å². The quantitative estimate of drug-likeness (QED) is 0.663. The minimum absolute atomic E-state index is 0.107. The zero-order valence-electron chi connectivity index (χ0n) is 11.3. The van der Waals surface area contributed by atoms with Crippen molar-refractivity contribution < 1.29 is 18.0 Å². The molecule has 1 aromatic heterocycles. The number of fused-ring (bicyclic) bond motifs is 1. The number of hydrogen-bond donors (Lipinski definition) is 0. The van der Waals surface area contributed by atoms with E-state index in [1.54, 1.807) is 18.2 Å². The summed E-state index contributed by atoms with van der Waals surface area (Å²) in [5.74, 6) is -1.83. The van der Waals surface area contributed by atoms with E-state index in [4.69, 9.17) is 4.42 Å². The molecule has 2 nitrogen and oxygen atoms in total. The van der Waals surface area contributed by atoms with Crippen LogP contribution >= 0.6 is 0 Å². The lowest BCUT2D eigenvalue weighted by Gasteiger charge is -2.02. The lowest BCUT2D eigenvalue weighted by atomic mass is 9.99. The van der Waals surface area contributed by atoms with E-state index >= 15 is 0 Å². The predicted octanol–water partition coefficient (Wildman–Crippen LogP) is 4.50. The molecule has 0 amide bonds. The third-order valence-electron chi connectivity index (χ3n) is 3.40. The first kappa shape index (κ1) is 13.5. The summed E-state index contributed by atoms with van der Waals surface area (Å²) in [4.78, 5) is 12.6. The molecule has 0 aliphatic heterocycles. The number of carbonyl (C=O) groups is 1. The molecule has 3 aromatic rings. The van der Waals surface area contributed by atoms with Gasteiger partial charge in [0.1, 0.15) is 11.3 Å². The molecule has 0 spiro atoms. The molecule has 106 valence electrons. The van der Waals surface area contributed by atoms with Crippen LogP contribution in [0.15, 0.2) is 46.9 Å². The zero-order chi connectivity index (χ0) is 15.0. The topological polar surface area (TPSA) is 30.2 Å². The SMILES string of the molecule is CCc1oc2ccccc2c1C(=O)c1ccc(F)c(F)c1. The van der Waals surface area contributed by atoms with Gasteiger partial charge in [0.15, 0.2) is 17.4 Å². The second-order valence-electron chi connectivity index (χ2n) is 4.71. The average molecular weight is 286 g/mol. The Morgan fingerprint density at radius 1 is 1.10 bits per heavy atom. The van der Waals surface area contributed by atoms with Crippen molar-refractivity contribution in [1.29, 1.82) is 0 Å². The maximum absolute atomic E-state index is 13.3. The van der Waals surface area contributed by atoms with Crippen LogP contribution in [0.4, 0.5) is 8.78 Å². The van der Waals surface area contributed by atoms with Gasteiger partial charge in [-0.05, 0) is 24.3 Å². The van der Waals surface area contributed by atoms with Gasteiger partial charge in [-0.2, -0.15) is 0 Å². The highest BCUT2D eigenvalue weighted by molar-refractivity contribution is 6.16. The number of benzene rings is 2. The van der Waals surface area contributed by atoms with E-state index in [9.17, 15) is 13.6 Å². The molecule has 0 saturated carbocycles. The number of halogens is 2. The number of rotatable bonds is 3. The van der Waals surface area contributed by atoms with Crippen LogP contribution in [-0.2, 0) is 6.42 Å². The molecule has 21 heavy (non-hydrogen) atoms. The van der Waals surface area contributed by atoms with E-state index < -0.39 is 11.6 Å². The number of para-hydroxylation sites is 1. The summed E-state index contributed by atoms with van der Waals surface area (Å²) >= 11 is 0. The van der Waals surface area contributed by atoms with E-state index in [0.29, 0.717) is 28.7 Å². The number of furan rings is 1. The second kappa shape index (κ2) is 5.13. The molecule has 0 aliphatic rings. The van der Waals surface area contributed by atoms with Crippen LogP contribution in [0.3, 0.4) is 0 Å². The number of hydrogen-bond acceptors (Lipinski definition) is 2. The largest absolute Gasteiger partial charge is 0.460 e. The van der Waals surface area contributed by atoms with Crippen LogP contribution in [0, 0.1) is 11.6 Å². The van der Waals surface area contributed by atoms with Crippen LogP contribution in [0.2, 0.25) is 0 Å². The van der Waals surface area contributed by atoms with Crippen LogP contribution in [-0.4, -0.2) is 5.78 Å². The molecule has 0 N–H and O–H groups in total. The summed E-state index contributed by atoms with van der Waals surface area (Å²) in [5, 5.41) is 0.684. The van der Waals surface area contributed by atoms with Gasteiger partial charge in [0.25, 0.3) is 0 Å². The van der Waals surface area contributed by atoms with Gasteiger partial charge in [-0.15, -0.1) is 0 Å². The number of ketones is 1. The van der Waals surface area contributed by atoms with Crippen molar-refractivity contribution >= 4 is 16.8 Å².